The summed E-state index contributed by atoms with van der Waals surface area (Å²) in [4.78, 5) is 11.2. The van der Waals surface area contributed by atoms with Crippen LogP contribution in [-0.4, -0.2) is 17.2 Å². The van der Waals surface area contributed by atoms with Gasteiger partial charge in [-0.05, 0) is 55.7 Å². The van der Waals surface area contributed by atoms with E-state index in [1.54, 1.807) is 6.92 Å². The Morgan fingerprint density at radius 1 is 1.40 bits per heavy atom. The molecule has 0 aromatic heterocycles. The number of carboxylic acids is 1. The first kappa shape index (κ1) is 14.9. The van der Waals surface area contributed by atoms with Crippen LogP contribution < -0.4 is 4.74 Å². The minimum Gasteiger partial charge on any atom is -0.490 e. The lowest BCUT2D eigenvalue weighted by atomic mass is 9.85. The molecule has 2 rings (SSSR count). The monoisotopic (exact) mass is 276 g/mol. The van der Waals surface area contributed by atoms with E-state index in [-0.39, 0.29) is 11.8 Å². The van der Waals surface area contributed by atoms with E-state index in [1.807, 2.05) is 31.2 Å². The van der Waals surface area contributed by atoms with Crippen molar-refractivity contribution in [3.8, 4) is 5.75 Å². The maximum Gasteiger partial charge on any atom is 0.306 e. The fourth-order valence-corrected chi connectivity index (χ4v) is 3.07. The summed E-state index contributed by atoms with van der Waals surface area (Å²) >= 11 is 0. The molecule has 1 aliphatic rings. The summed E-state index contributed by atoms with van der Waals surface area (Å²) in [7, 11) is 0. The van der Waals surface area contributed by atoms with Crippen LogP contribution in [0.1, 0.15) is 57.4 Å². The predicted molar refractivity (Wildman–Crippen MR) is 79.2 cm³/mol. The van der Waals surface area contributed by atoms with E-state index < -0.39 is 5.97 Å². The SMILES string of the molecule is CC[C@H](c1cccc(OC2CCCC2)c1)[C@@H](C)C(=O)O. The molecule has 2 atom stereocenters. The topological polar surface area (TPSA) is 46.5 Å². The van der Waals surface area contributed by atoms with Gasteiger partial charge in [0, 0.05) is 0 Å². The summed E-state index contributed by atoms with van der Waals surface area (Å²) in [6.45, 7) is 3.82. The first-order chi connectivity index (χ1) is 9.61. The van der Waals surface area contributed by atoms with Crippen LogP contribution in [0.3, 0.4) is 0 Å². The molecule has 0 bridgehead atoms. The molecule has 0 spiro atoms. The molecule has 0 amide bonds. The molecule has 0 radical (unpaired) electrons. The van der Waals surface area contributed by atoms with Crippen molar-refractivity contribution in [3.63, 3.8) is 0 Å². The zero-order valence-electron chi connectivity index (χ0n) is 12.3. The molecule has 20 heavy (non-hydrogen) atoms. The molecular formula is C17H24O3. The predicted octanol–water partition coefficient (Wildman–Crippen LogP) is 4.22. The Kier molecular flexibility index (Phi) is 5.05. The van der Waals surface area contributed by atoms with Gasteiger partial charge in [0.15, 0.2) is 0 Å². The van der Waals surface area contributed by atoms with E-state index in [4.69, 9.17) is 4.74 Å². The number of aliphatic carboxylic acids is 1. The number of carboxylic acid groups (broad SMARTS) is 1. The first-order valence-corrected chi connectivity index (χ1v) is 7.61. The summed E-state index contributed by atoms with van der Waals surface area (Å²) in [5, 5.41) is 9.21. The highest BCUT2D eigenvalue weighted by Gasteiger charge is 2.24. The molecule has 1 aliphatic carbocycles. The van der Waals surface area contributed by atoms with Gasteiger partial charge in [0.2, 0.25) is 0 Å². The van der Waals surface area contributed by atoms with Gasteiger partial charge in [0.05, 0.1) is 12.0 Å². The van der Waals surface area contributed by atoms with Crippen molar-refractivity contribution in [1.82, 2.24) is 0 Å². The molecule has 110 valence electrons. The van der Waals surface area contributed by atoms with Crippen LogP contribution in [0.25, 0.3) is 0 Å². The van der Waals surface area contributed by atoms with Crippen molar-refractivity contribution in [3.05, 3.63) is 29.8 Å². The van der Waals surface area contributed by atoms with E-state index in [0.29, 0.717) is 6.10 Å². The molecule has 0 saturated heterocycles. The van der Waals surface area contributed by atoms with E-state index in [1.165, 1.54) is 12.8 Å². The quantitative estimate of drug-likeness (QED) is 0.846. The average Bonchev–Trinajstić information content (AvgIpc) is 2.92. The minimum absolute atomic E-state index is 0.0413. The van der Waals surface area contributed by atoms with Gasteiger partial charge in [0.1, 0.15) is 5.75 Å². The number of rotatable bonds is 6. The highest BCUT2D eigenvalue weighted by Crippen LogP contribution is 2.31. The second kappa shape index (κ2) is 6.78. The van der Waals surface area contributed by atoms with Crippen molar-refractivity contribution >= 4 is 5.97 Å². The van der Waals surface area contributed by atoms with E-state index in [2.05, 4.69) is 0 Å². The molecule has 0 unspecified atom stereocenters. The molecule has 1 fully saturated rings. The molecule has 1 N–H and O–H groups in total. The second-order valence-corrected chi connectivity index (χ2v) is 5.74. The van der Waals surface area contributed by atoms with Crippen LogP contribution in [0.2, 0.25) is 0 Å². The Balaban J connectivity index is 2.12. The van der Waals surface area contributed by atoms with Crippen molar-refractivity contribution in [2.75, 3.05) is 0 Å². The molecule has 0 heterocycles. The van der Waals surface area contributed by atoms with Crippen LogP contribution >= 0.6 is 0 Å². The largest absolute Gasteiger partial charge is 0.490 e. The van der Waals surface area contributed by atoms with Gasteiger partial charge in [-0.25, -0.2) is 0 Å². The summed E-state index contributed by atoms with van der Waals surface area (Å²) < 4.78 is 6.00. The van der Waals surface area contributed by atoms with E-state index in [0.717, 1.165) is 30.6 Å². The Morgan fingerprint density at radius 2 is 2.10 bits per heavy atom. The van der Waals surface area contributed by atoms with Crippen LogP contribution in [0.4, 0.5) is 0 Å². The van der Waals surface area contributed by atoms with Crippen molar-refractivity contribution in [2.45, 2.75) is 58.0 Å². The average molecular weight is 276 g/mol. The molecule has 1 saturated carbocycles. The van der Waals surface area contributed by atoms with E-state index >= 15 is 0 Å². The van der Waals surface area contributed by atoms with Crippen LogP contribution in [0.15, 0.2) is 24.3 Å². The summed E-state index contributed by atoms with van der Waals surface area (Å²) in [5.41, 5.74) is 1.07. The van der Waals surface area contributed by atoms with Gasteiger partial charge in [-0.2, -0.15) is 0 Å². The normalized spacial score (nSPS) is 18.7. The van der Waals surface area contributed by atoms with Gasteiger partial charge in [-0.1, -0.05) is 26.0 Å². The molecule has 1 aromatic carbocycles. The van der Waals surface area contributed by atoms with Crippen molar-refractivity contribution in [2.24, 2.45) is 5.92 Å². The zero-order chi connectivity index (χ0) is 14.5. The van der Waals surface area contributed by atoms with Crippen LogP contribution in [-0.2, 0) is 4.79 Å². The van der Waals surface area contributed by atoms with Crippen LogP contribution in [0, 0.1) is 5.92 Å². The zero-order valence-corrected chi connectivity index (χ0v) is 12.3. The lowest BCUT2D eigenvalue weighted by molar-refractivity contribution is -0.141. The lowest BCUT2D eigenvalue weighted by Gasteiger charge is -2.21. The van der Waals surface area contributed by atoms with Gasteiger partial charge < -0.3 is 9.84 Å². The number of benzene rings is 1. The van der Waals surface area contributed by atoms with Gasteiger partial charge in [-0.3, -0.25) is 4.79 Å². The Bertz CT molecular complexity index is 449. The maximum absolute atomic E-state index is 11.2. The summed E-state index contributed by atoms with van der Waals surface area (Å²) in [5.74, 6) is -0.189. The van der Waals surface area contributed by atoms with Gasteiger partial charge >= 0.3 is 5.97 Å². The van der Waals surface area contributed by atoms with Crippen molar-refractivity contribution in [1.29, 1.82) is 0 Å². The minimum atomic E-state index is -0.737. The van der Waals surface area contributed by atoms with Gasteiger partial charge in [-0.15, -0.1) is 0 Å². The molecule has 3 heteroatoms. The fourth-order valence-electron chi connectivity index (χ4n) is 3.07. The lowest BCUT2D eigenvalue weighted by Crippen LogP contribution is -2.18. The highest BCUT2D eigenvalue weighted by molar-refractivity contribution is 5.71. The third-order valence-electron chi connectivity index (χ3n) is 4.32. The first-order valence-electron chi connectivity index (χ1n) is 7.61. The third-order valence-corrected chi connectivity index (χ3v) is 4.32. The van der Waals surface area contributed by atoms with Crippen molar-refractivity contribution < 1.29 is 14.6 Å². The Morgan fingerprint density at radius 3 is 2.70 bits per heavy atom. The number of carbonyl (C=O) groups is 1. The molecule has 3 nitrogen and oxygen atoms in total. The second-order valence-electron chi connectivity index (χ2n) is 5.74. The Hall–Kier alpha value is -1.51. The fraction of sp³-hybridized carbons (Fsp3) is 0.588. The smallest absolute Gasteiger partial charge is 0.306 e. The summed E-state index contributed by atoms with van der Waals surface area (Å²) in [6, 6.07) is 7.97. The standard InChI is InChI=1S/C17H24O3/c1-3-16(12(2)17(18)19)13-7-6-10-15(11-13)20-14-8-4-5-9-14/h6-7,10-12,14,16H,3-5,8-9H2,1-2H3,(H,18,19)/t12-,16+/m1/s1. The molecule has 0 aliphatic heterocycles. The van der Waals surface area contributed by atoms with Gasteiger partial charge in [0.25, 0.3) is 0 Å². The number of ether oxygens (including phenoxy) is 1. The Labute approximate surface area is 121 Å². The molecular weight excluding hydrogens is 252 g/mol. The third kappa shape index (κ3) is 3.53. The highest BCUT2D eigenvalue weighted by atomic mass is 16.5. The number of hydrogen-bond acceptors (Lipinski definition) is 2. The summed E-state index contributed by atoms with van der Waals surface area (Å²) in [6.07, 6.45) is 5.92. The number of hydrogen-bond donors (Lipinski definition) is 1. The maximum atomic E-state index is 11.2. The molecule has 1 aromatic rings. The van der Waals surface area contributed by atoms with Crippen LogP contribution in [0.5, 0.6) is 5.75 Å². The van der Waals surface area contributed by atoms with E-state index in [9.17, 15) is 9.90 Å².